The molecule has 1 N–H and O–H groups in total. The SMILES string of the molecule is CCc1ccccc1NC(=O)COC(=O)CCCc1nc2ccccc2s1. The first-order valence-electron chi connectivity index (χ1n) is 9.03. The number of amides is 1. The first-order valence-corrected chi connectivity index (χ1v) is 9.85. The van der Waals surface area contributed by atoms with E-state index < -0.39 is 0 Å². The van der Waals surface area contributed by atoms with Gasteiger partial charge in [-0.3, -0.25) is 9.59 Å². The molecule has 1 heterocycles. The van der Waals surface area contributed by atoms with Crippen molar-refractivity contribution in [1.82, 2.24) is 4.98 Å². The van der Waals surface area contributed by atoms with Crippen LogP contribution in [0.4, 0.5) is 5.69 Å². The van der Waals surface area contributed by atoms with Crippen LogP contribution in [0.3, 0.4) is 0 Å². The number of esters is 1. The molecule has 0 saturated carbocycles. The number of aryl methyl sites for hydroxylation is 2. The van der Waals surface area contributed by atoms with E-state index in [4.69, 9.17) is 4.74 Å². The highest BCUT2D eigenvalue weighted by atomic mass is 32.1. The van der Waals surface area contributed by atoms with Gasteiger partial charge in [-0.25, -0.2) is 4.98 Å². The van der Waals surface area contributed by atoms with Gasteiger partial charge in [-0.15, -0.1) is 11.3 Å². The number of carbonyl (C=O) groups excluding carboxylic acids is 2. The fourth-order valence-electron chi connectivity index (χ4n) is 2.77. The summed E-state index contributed by atoms with van der Waals surface area (Å²) in [6.07, 6.45) is 2.47. The summed E-state index contributed by atoms with van der Waals surface area (Å²) in [6.45, 7) is 1.76. The molecular weight excluding hydrogens is 360 g/mol. The minimum absolute atomic E-state index is 0.266. The summed E-state index contributed by atoms with van der Waals surface area (Å²) in [5.74, 6) is -0.689. The van der Waals surface area contributed by atoms with Gasteiger partial charge in [0.2, 0.25) is 0 Å². The van der Waals surface area contributed by atoms with E-state index in [2.05, 4.69) is 10.3 Å². The number of para-hydroxylation sites is 2. The second kappa shape index (κ2) is 9.28. The van der Waals surface area contributed by atoms with Crippen molar-refractivity contribution in [2.45, 2.75) is 32.6 Å². The first-order chi connectivity index (χ1) is 13.2. The molecule has 1 aromatic heterocycles. The van der Waals surface area contributed by atoms with Crippen LogP contribution in [0.1, 0.15) is 30.3 Å². The molecule has 0 radical (unpaired) electrons. The molecule has 0 spiro atoms. The largest absolute Gasteiger partial charge is 0.456 e. The molecule has 0 aliphatic heterocycles. The molecule has 6 heteroatoms. The molecule has 1 amide bonds. The maximum atomic E-state index is 12.0. The lowest BCUT2D eigenvalue weighted by molar-refractivity contribution is -0.147. The molecule has 0 aliphatic carbocycles. The zero-order chi connectivity index (χ0) is 19.1. The standard InChI is InChI=1S/C21H22N2O3S/c1-2-15-8-3-4-9-16(15)22-19(24)14-26-21(25)13-7-12-20-23-17-10-5-6-11-18(17)27-20/h3-6,8-11H,2,7,12-14H2,1H3,(H,22,24). The topological polar surface area (TPSA) is 68.3 Å². The summed E-state index contributed by atoms with van der Waals surface area (Å²) in [4.78, 5) is 28.4. The fourth-order valence-corrected chi connectivity index (χ4v) is 3.77. The first kappa shape index (κ1) is 19.0. The number of hydrogen-bond acceptors (Lipinski definition) is 5. The Labute approximate surface area is 162 Å². The average molecular weight is 382 g/mol. The van der Waals surface area contributed by atoms with Crippen LogP contribution in [0, 0.1) is 0 Å². The number of hydrogen-bond donors (Lipinski definition) is 1. The number of fused-ring (bicyclic) bond motifs is 1. The number of anilines is 1. The predicted molar refractivity (Wildman–Crippen MR) is 108 cm³/mol. The molecule has 140 valence electrons. The molecular formula is C21H22N2O3S. The fraction of sp³-hybridized carbons (Fsp3) is 0.286. The predicted octanol–water partition coefficient (Wildman–Crippen LogP) is 4.36. The molecule has 5 nitrogen and oxygen atoms in total. The van der Waals surface area contributed by atoms with E-state index in [-0.39, 0.29) is 24.9 Å². The van der Waals surface area contributed by atoms with Gasteiger partial charge in [0.05, 0.1) is 15.2 Å². The molecule has 0 fully saturated rings. The van der Waals surface area contributed by atoms with E-state index >= 15 is 0 Å². The summed E-state index contributed by atoms with van der Waals surface area (Å²) >= 11 is 1.64. The summed E-state index contributed by atoms with van der Waals surface area (Å²) in [5, 5.41) is 3.80. The van der Waals surface area contributed by atoms with Crippen molar-refractivity contribution in [3.05, 3.63) is 59.1 Å². The van der Waals surface area contributed by atoms with Crippen LogP contribution in [-0.2, 0) is 27.2 Å². The lowest BCUT2D eigenvalue weighted by Crippen LogP contribution is -2.21. The van der Waals surface area contributed by atoms with Gasteiger partial charge in [0, 0.05) is 12.1 Å². The molecule has 0 bridgehead atoms. The Balaban J connectivity index is 1.39. The van der Waals surface area contributed by atoms with E-state index in [1.807, 2.05) is 55.5 Å². The van der Waals surface area contributed by atoms with Crippen LogP contribution >= 0.6 is 11.3 Å². The third-order valence-electron chi connectivity index (χ3n) is 4.15. The molecule has 0 unspecified atom stereocenters. The van der Waals surface area contributed by atoms with Gasteiger partial charge in [0.1, 0.15) is 0 Å². The monoisotopic (exact) mass is 382 g/mol. The molecule has 2 aromatic carbocycles. The van der Waals surface area contributed by atoms with Gasteiger partial charge in [0.15, 0.2) is 6.61 Å². The molecule has 3 rings (SSSR count). The number of ether oxygens (including phenoxy) is 1. The van der Waals surface area contributed by atoms with Crippen LogP contribution in [0.15, 0.2) is 48.5 Å². The van der Waals surface area contributed by atoms with Crippen molar-refractivity contribution in [3.8, 4) is 0 Å². The molecule has 3 aromatic rings. The minimum Gasteiger partial charge on any atom is -0.456 e. The Morgan fingerprint density at radius 2 is 1.89 bits per heavy atom. The number of carbonyl (C=O) groups is 2. The van der Waals surface area contributed by atoms with Gasteiger partial charge in [-0.05, 0) is 43.0 Å². The third-order valence-corrected chi connectivity index (χ3v) is 5.24. The number of rotatable bonds is 8. The van der Waals surface area contributed by atoms with E-state index in [0.29, 0.717) is 6.42 Å². The number of benzene rings is 2. The molecule has 27 heavy (non-hydrogen) atoms. The Morgan fingerprint density at radius 1 is 1.11 bits per heavy atom. The lowest BCUT2D eigenvalue weighted by Gasteiger charge is -2.10. The van der Waals surface area contributed by atoms with E-state index in [1.165, 1.54) is 0 Å². The van der Waals surface area contributed by atoms with Gasteiger partial charge < -0.3 is 10.1 Å². The molecule has 0 aliphatic rings. The Morgan fingerprint density at radius 3 is 2.70 bits per heavy atom. The Bertz CT molecular complexity index is 903. The van der Waals surface area contributed by atoms with Gasteiger partial charge in [0.25, 0.3) is 5.91 Å². The number of aromatic nitrogens is 1. The zero-order valence-electron chi connectivity index (χ0n) is 15.2. The summed E-state index contributed by atoms with van der Waals surface area (Å²) < 4.78 is 6.23. The van der Waals surface area contributed by atoms with Crippen molar-refractivity contribution in [3.63, 3.8) is 0 Å². The average Bonchev–Trinajstić information content (AvgIpc) is 3.09. The van der Waals surface area contributed by atoms with E-state index in [1.54, 1.807) is 11.3 Å². The van der Waals surface area contributed by atoms with Crippen LogP contribution < -0.4 is 5.32 Å². The van der Waals surface area contributed by atoms with Crippen molar-refractivity contribution in [1.29, 1.82) is 0 Å². The smallest absolute Gasteiger partial charge is 0.306 e. The maximum Gasteiger partial charge on any atom is 0.306 e. The Hall–Kier alpha value is -2.73. The minimum atomic E-state index is -0.366. The highest BCUT2D eigenvalue weighted by Crippen LogP contribution is 2.22. The highest BCUT2D eigenvalue weighted by Gasteiger charge is 2.10. The second-order valence-corrected chi connectivity index (χ2v) is 7.26. The quantitative estimate of drug-likeness (QED) is 0.588. The van der Waals surface area contributed by atoms with Crippen LogP contribution in [-0.4, -0.2) is 23.5 Å². The summed E-state index contributed by atoms with van der Waals surface area (Å²) in [5.41, 5.74) is 2.80. The van der Waals surface area contributed by atoms with E-state index in [0.717, 1.165) is 39.3 Å². The number of thiazole rings is 1. The van der Waals surface area contributed by atoms with Crippen molar-refractivity contribution in [2.24, 2.45) is 0 Å². The van der Waals surface area contributed by atoms with Crippen LogP contribution in [0.25, 0.3) is 10.2 Å². The van der Waals surface area contributed by atoms with E-state index in [9.17, 15) is 9.59 Å². The number of nitrogens with one attached hydrogen (secondary N) is 1. The molecule has 0 atom stereocenters. The van der Waals surface area contributed by atoms with Crippen molar-refractivity contribution in [2.75, 3.05) is 11.9 Å². The normalized spacial score (nSPS) is 10.7. The van der Waals surface area contributed by atoms with Gasteiger partial charge >= 0.3 is 5.97 Å². The maximum absolute atomic E-state index is 12.0. The third kappa shape index (κ3) is 5.37. The zero-order valence-corrected chi connectivity index (χ0v) is 16.1. The van der Waals surface area contributed by atoms with Crippen LogP contribution in [0.2, 0.25) is 0 Å². The summed E-state index contributed by atoms with van der Waals surface area (Å²) in [6, 6.07) is 15.6. The van der Waals surface area contributed by atoms with Crippen molar-refractivity contribution >= 4 is 39.1 Å². The number of nitrogens with zero attached hydrogens (tertiary/aromatic N) is 1. The lowest BCUT2D eigenvalue weighted by atomic mass is 10.1. The van der Waals surface area contributed by atoms with Crippen molar-refractivity contribution < 1.29 is 14.3 Å². The highest BCUT2D eigenvalue weighted by molar-refractivity contribution is 7.18. The Kier molecular flexibility index (Phi) is 6.54. The van der Waals surface area contributed by atoms with Crippen LogP contribution in [0.5, 0.6) is 0 Å². The van der Waals surface area contributed by atoms with Gasteiger partial charge in [-0.2, -0.15) is 0 Å². The second-order valence-electron chi connectivity index (χ2n) is 6.15. The molecule has 0 saturated heterocycles. The van der Waals surface area contributed by atoms with Gasteiger partial charge in [-0.1, -0.05) is 37.3 Å². The summed E-state index contributed by atoms with van der Waals surface area (Å²) in [7, 11) is 0.